The van der Waals surface area contributed by atoms with Gasteiger partial charge in [0.05, 0.1) is 7.39 Å². The highest BCUT2D eigenvalue weighted by Crippen LogP contribution is 2.65. The van der Waals surface area contributed by atoms with E-state index in [1.807, 2.05) is 0 Å². The fraction of sp³-hybridized carbons (Fsp3) is 0.821. The second kappa shape index (κ2) is 10.5. The van der Waals surface area contributed by atoms with Gasteiger partial charge in [0.25, 0.3) is 5.91 Å². The average molecular weight is 550 g/mol. The van der Waals surface area contributed by atoms with Gasteiger partial charge in [-0.25, -0.2) is 4.79 Å². The minimum absolute atomic E-state index is 0.119. The Bertz CT molecular complexity index is 1570. The molecule has 10 nitrogen and oxygen atoms in total. The quantitative estimate of drug-likeness (QED) is 0.325. The molecule has 3 aliphatic rings. The molecule has 0 spiro atoms. The van der Waals surface area contributed by atoms with E-state index in [-0.39, 0.29) is 6.42 Å². The molecule has 5 amide bonds. The average Bonchev–Trinajstić information content (AvgIpc) is 3.47. The molecule has 1 heterocycles. The number of nitrogens with one attached hydrogen (secondary N) is 3. The number of hydrogen-bond donors (Lipinski definition) is 4. The number of carbonyl (C=O) groups excluding carboxylic acids is 5. The Morgan fingerprint density at radius 2 is 1.79 bits per heavy atom. The molecule has 2 aliphatic carbocycles. The second-order valence-corrected chi connectivity index (χ2v) is 12.0. The van der Waals surface area contributed by atoms with Crippen molar-refractivity contribution in [2.75, 3.05) is 6.54 Å². The van der Waals surface area contributed by atoms with E-state index in [0.717, 1.165) is 0 Å². The smallest absolute Gasteiger partial charge is 0.315 e. The van der Waals surface area contributed by atoms with E-state index in [0.29, 0.717) is 4.90 Å². The van der Waals surface area contributed by atoms with E-state index in [9.17, 15) is 24.0 Å². The van der Waals surface area contributed by atoms with E-state index in [1.165, 1.54) is 0 Å². The summed E-state index contributed by atoms with van der Waals surface area (Å²) < 4.78 is 132. The molecule has 0 aromatic heterocycles. The zero-order chi connectivity index (χ0) is 42.8. The van der Waals surface area contributed by atoms with Gasteiger partial charge in [-0.2, -0.15) is 0 Å². The molecule has 5 atom stereocenters. The first-order valence-electron chi connectivity index (χ1n) is 20.1. The van der Waals surface area contributed by atoms with Crippen molar-refractivity contribution in [3.63, 3.8) is 0 Å². The summed E-state index contributed by atoms with van der Waals surface area (Å²) in [6.45, 7) is 2.55. The minimum atomic E-state index is -4.39. The Morgan fingerprint density at radius 3 is 2.32 bits per heavy atom. The summed E-state index contributed by atoms with van der Waals surface area (Å²) in [5.41, 5.74) is 0.873. The lowest BCUT2D eigenvalue weighted by atomic mass is 9.80. The highest BCUT2D eigenvalue weighted by molar-refractivity contribution is 6.37. The van der Waals surface area contributed by atoms with E-state index >= 15 is 0 Å². The molecule has 0 bridgehead atoms. The number of rotatable bonds is 9. The van der Waals surface area contributed by atoms with Crippen molar-refractivity contribution in [1.29, 1.82) is 0 Å². The van der Waals surface area contributed by atoms with Crippen LogP contribution in [-0.2, 0) is 19.2 Å². The maximum absolute atomic E-state index is 14.4. The first kappa shape index (κ1) is 14.7. The first-order valence-corrected chi connectivity index (χ1v) is 12.1. The molecule has 1 unspecified atom stereocenters. The Kier molecular flexibility index (Phi) is 4.05. The van der Waals surface area contributed by atoms with Crippen molar-refractivity contribution in [2.24, 2.45) is 34.3 Å². The van der Waals surface area contributed by atoms with Crippen LogP contribution in [-0.4, -0.2) is 64.6 Å². The Hall–Kier alpha value is -2.65. The number of nitrogens with zero attached hydrogens (tertiary/aromatic N) is 1. The summed E-state index contributed by atoms with van der Waals surface area (Å²) in [5.74, 6) is -14.8. The van der Waals surface area contributed by atoms with Crippen LogP contribution in [0.15, 0.2) is 0 Å². The van der Waals surface area contributed by atoms with E-state index in [1.54, 1.807) is 46.9 Å². The fourth-order valence-electron chi connectivity index (χ4n) is 4.59. The predicted molar refractivity (Wildman–Crippen MR) is 144 cm³/mol. The number of amides is 5. The van der Waals surface area contributed by atoms with Crippen molar-refractivity contribution < 1.29 is 45.9 Å². The van der Waals surface area contributed by atoms with Crippen LogP contribution in [0.2, 0.25) is 0 Å². The molecule has 3 fully saturated rings. The molecule has 5 N–H and O–H groups in total. The maximum Gasteiger partial charge on any atom is 0.315 e. The molecule has 1 saturated heterocycles. The molecule has 0 aromatic carbocycles. The van der Waals surface area contributed by atoms with Gasteiger partial charge in [-0.1, -0.05) is 53.6 Å². The standard InChI is InChI=1S/C28H47N5O5/c1-26(2,3)13-18(31-25(38)32-27(4,5)6)24(37)33-14-16-19(28(16,7)8)20(33)23(36)30-17(21(34)22(29)35)12-15-10-9-11-15/h15-20H,9-14H2,1-8H3,(H2,29,35)(H,30,36)(H2,31,32,38)/t16-,17?,18-,19-,20-/m0/s1/i7D3,8D3,9D2,10D2,11D2,12D2,15D,17D. The number of hydrogen-bond acceptors (Lipinski definition) is 5. The summed E-state index contributed by atoms with van der Waals surface area (Å²) in [6, 6.07) is -8.88. The SMILES string of the molecule is [2H]C([2H])([2H])C1(C([2H])([2H])[2H])[C@@H]2[C@@H](C(=O)NC([2H])(C(=O)C(N)=O)C([2H])([2H])C3([2H])C([2H])([2H])C([2H])([2H])C3([2H])[2H])N(C(=O)[C@H](CC(C)(C)C)NC(=O)NC(C)(C)C)C[C@@H]21. The van der Waals surface area contributed by atoms with E-state index in [4.69, 9.17) is 27.7 Å². The fourth-order valence-corrected chi connectivity index (χ4v) is 4.59. The number of carbonyl (C=O) groups is 5. The van der Waals surface area contributed by atoms with Crippen LogP contribution in [0.3, 0.4) is 0 Å². The normalized spacial score (nSPS) is 38.8. The highest BCUT2D eigenvalue weighted by atomic mass is 16.2. The van der Waals surface area contributed by atoms with Crippen LogP contribution >= 0.6 is 0 Å². The van der Waals surface area contributed by atoms with E-state index < -0.39 is 127 Å². The van der Waals surface area contributed by atoms with Gasteiger partial charge in [-0.05, 0) is 62.1 Å². The van der Waals surface area contributed by atoms with Gasteiger partial charge in [0, 0.05) is 32.6 Å². The van der Waals surface area contributed by atoms with Crippen LogP contribution in [0.5, 0.6) is 0 Å². The van der Waals surface area contributed by atoms with Gasteiger partial charge in [-0.15, -0.1) is 0 Å². The van der Waals surface area contributed by atoms with Gasteiger partial charge < -0.3 is 26.6 Å². The molecular weight excluding hydrogens is 486 g/mol. The van der Waals surface area contributed by atoms with Crippen molar-refractivity contribution in [1.82, 2.24) is 20.9 Å². The number of likely N-dealkylation sites (tertiary alicyclic amines) is 1. The van der Waals surface area contributed by atoms with Crippen LogP contribution in [0.25, 0.3) is 0 Å². The first-order chi connectivity index (χ1) is 23.6. The Labute approximate surface area is 249 Å². The lowest BCUT2D eigenvalue weighted by molar-refractivity contribution is -0.144. The van der Waals surface area contributed by atoms with Crippen LogP contribution in [0.4, 0.5) is 4.79 Å². The van der Waals surface area contributed by atoms with Gasteiger partial charge in [0.15, 0.2) is 0 Å². The molecular formula is C28H47N5O5. The van der Waals surface area contributed by atoms with Gasteiger partial charge >= 0.3 is 6.03 Å². The van der Waals surface area contributed by atoms with Gasteiger partial charge in [0.2, 0.25) is 17.6 Å². The number of ketones is 1. The molecule has 214 valence electrons. The summed E-state index contributed by atoms with van der Waals surface area (Å²) in [6.07, 6.45) is -15.8. The van der Waals surface area contributed by atoms with Crippen LogP contribution in [0.1, 0.15) is 109 Å². The Balaban J connectivity index is 2.26. The number of nitrogens with two attached hydrogens (primary N) is 1. The second-order valence-electron chi connectivity index (χ2n) is 12.0. The molecule has 0 radical (unpaired) electrons. The van der Waals surface area contributed by atoms with Crippen molar-refractivity contribution in [3.05, 3.63) is 0 Å². The number of piperidine rings is 1. The third-order valence-corrected chi connectivity index (χ3v) is 6.29. The van der Waals surface area contributed by atoms with Gasteiger partial charge in [-0.3, -0.25) is 19.2 Å². The predicted octanol–water partition coefficient (Wildman–Crippen LogP) is 2.10. The third-order valence-electron chi connectivity index (χ3n) is 6.29. The highest BCUT2D eigenvalue weighted by Gasteiger charge is 2.69. The largest absolute Gasteiger partial charge is 0.363 e. The topological polar surface area (TPSA) is 151 Å². The lowest BCUT2D eigenvalue weighted by Crippen LogP contribution is -2.60. The van der Waals surface area contributed by atoms with Crippen LogP contribution < -0.4 is 21.7 Å². The van der Waals surface area contributed by atoms with Crippen molar-refractivity contribution in [3.8, 4) is 0 Å². The third kappa shape index (κ3) is 6.86. The summed E-state index contributed by atoms with van der Waals surface area (Å²) in [5, 5.41) is 6.63. The summed E-state index contributed by atoms with van der Waals surface area (Å²) >= 11 is 0. The lowest BCUT2D eigenvalue weighted by Gasteiger charge is -2.36. The summed E-state index contributed by atoms with van der Waals surface area (Å²) in [4.78, 5) is 68.1. The molecule has 0 aromatic rings. The van der Waals surface area contributed by atoms with Crippen LogP contribution in [0, 0.1) is 28.6 Å². The van der Waals surface area contributed by atoms with E-state index in [2.05, 4.69) is 10.6 Å². The monoisotopic (exact) mass is 549 g/mol. The number of fused-ring (bicyclic) bond motifs is 1. The number of urea groups is 1. The molecule has 3 rings (SSSR count). The van der Waals surface area contributed by atoms with Gasteiger partial charge in [0.1, 0.15) is 12.1 Å². The maximum atomic E-state index is 14.4. The number of primary amides is 1. The number of Topliss-reactive ketones (excluding diaryl/α,β-unsaturated/α-hetero) is 1. The zero-order valence-electron chi connectivity index (χ0n) is 38.3. The zero-order valence-corrected chi connectivity index (χ0v) is 22.3. The summed E-state index contributed by atoms with van der Waals surface area (Å²) in [7, 11) is 0. The molecule has 10 heteroatoms. The minimum Gasteiger partial charge on any atom is -0.363 e. The molecule has 38 heavy (non-hydrogen) atoms. The molecule has 1 aliphatic heterocycles. The van der Waals surface area contributed by atoms with Crippen molar-refractivity contribution >= 4 is 29.5 Å². The van der Waals surface area contributed by atoms with Crippen molar-refractivity contribution in [2.45, 2.75) is 111 Å². The molecule has 2 saturated carbocycles. The Morgan fingerprint density at radius 1 is 1.16 bits per heavy atom.